The van der Waals surface area contributed by atoms with Crippen molar-refractivity contribution in [3.8, 4) is 0 Å². The Balaban J connectivity index is 1.68. The van der Waals surface area contributed by atoms with Crippen LogP contribution in [0.4, 0.5) is 0 Å². The van der Waals surface area contributed by atoms with Gasteiger partial charge in [-0.1, -0.05) is 0 Å². The lowest BCUT2D eigenvalue weighted by atomic mass is 10.0. The molecule has 0 amide bonds. The fraction of sp³-hybridized carbons (Fsp3) is 0.667. The zero-order valence-electron chi connectivity index (χ0n) is 9.78. The van der Waals surface area contributed by atoms with Crippen molar-refractivity contribution in [3.63, 3.8) is 0 Å². The van der Waals surface area contributed by atoms with Crippen LogP contribution in [0.3, 0.4) is 0 Å². The maximum Gasteiger partial charge on any atom is 0.115 e. The first kappa shape index (κ1) is 11.5. The molecule has 1 N–H and O–H groups in total. The fourth-order valence-corrected chi connectivity index (χ4v) is 1.89. The van der Waals surface area contributed by atoms with Gasteiger partial charge in [0.2, 0.25) is 0 Å². The van der Waals surface area contributed by atoms with Crippen molar-refractivity contribution in [2.45, 2.75) is 25.8 Å². The van der Waals surface area contributed by atoms with Crippen molar-refractivity contribution in [2.75, 3.05) is 20.3 Å². The van der Waals surface area contributed by atoms with Crippen molar-refractivity contribution < 1.29 is 4.74 Å². The van der Waals surface area contributed by atoms with Gasteiger partial charge in [0, 0.05) is 33.0 Å². The highest BCUT2D eigenvalue weighted by Gasteiger charge is 2.41. The van der Waals surface area contributed by atoms with Crippen molar-refractivity contribution in [1.82, 2.24) is 15.3 Å². The van der Waals surface area contributed by atoms with Crippen molar-refractivity contribution in [2.24, 2.45) is 5.41 Å². The van der Waals surface area contributed by atoms with Gasteiger partial charge in [-0.3, -0.25) is 0 Å². The summed E-state index contributed by atoms with van der Waals surface area (Å²) in [5.41, 5.74) is 1.56. The number of aromatic nitrogens is 2. The Labute approximate surface area is 96.4 Å². The smallest absolute Gasteiger partial charge is 0.115 e. The summed E-state index contributed by atoms with van der Waals surface area (Å²) in [6.07, 6.45) is 7.19. The van der Waals surface area contributed by atoms with Gasteiger partial charge in [-0.15, -0.1) is 0 Å². The van der Waals surface area contributed by atoms with Gasteiger partial charge in [0.1, 0.15) is 6.33 Å². The Morgan fingerprint density at radius 1 is 1.50 bits per heavy atom. The van der Waals surface area contributed by atoms with Crippen LogP contribution in [0.25, 0.3) is 0 Å². The molecule has 1 aromatic rings. The fourth-order valence-electron chi connectivity index (χ4n) is 1.89. The summed E-state index contributed by atoms with van der Waals surface area (Å²) < 4.78 is 5.13. The van der Waals surface area contributed by atoms with Crippen LogP contribution < -0.4 is 5.32 Å². The van der Waals surface area contributed by atoms with E-state index in [1.807, 2.05) is 6.07 Å². The molecule has 4 nitrogen and oxygen atoms in total. The van der Waals surface area contributed by atoms with Crippen LogP contribution in [0, 0.1) is 5.41 Å². The average molecular weight is 221 g/mol. The second kappa shape index (κ2) is 5.37. The Bertz CT molecular complexity index is 311. The first-order chi connectivity index (χ1) is 7.85. The van der Waals surface area contributed by atoms with Gasteiger partial charge >= 0.3 is 0 Å². The molecule has 0 atom stereocenters. The summed E-state index contributed by atoms with van der Waals surface area (Å²) in [4.78, 5) is 8.08. The third kappa shape index (κ3) is 3.25. The second-order valence-corrected chi connectivity index (χ2v) is 4.55. The quantitative estimate of drug-likeness (QED) is 0.755. The van der Waals surface area contributed by atoms with E-state index in [0.717, 1.165) is 25.4 Å². The normalized spacial score (nSPS) is 17.3. The molecular weight excluding hydrogens is 202 g/mol. The molecule has 1 fully saturated rings. The summed E-state index contributed by atoms with van der Waals surface area (Å²) in [5, 5.41) is 3.47. The summed E-state index contributed by atoms with van der Waals surface area (Å²) in [6.45, 7) is 2.77. The van der Waals surface area contributed by atoms with E-state index in [1.165, 1.54) is 19.3 Å². The highest BCUT2D eigenvalue weighted by atomic mass is 16.5. The van der Waals surface area contributed by atoms with Gasteiger partial charge in [-0.25, -0.2) is 9.97 Å². The lowest BCUT2D eigenvalue weighted by Gasteiger charge is -2.15. The van der Waals surface area contributed by atoms with E-state index in [0.29, 0.717) is 5.41 Å². The average Bonchev–Trinajstić information content (AvgIpc) is 3.09. The third-order valence-corrected chi connectivity index (χ3v) is 3.24. The number of nitrogens with one attached hydrogen (secondary N) is 1. The minimum absolute atomic E-state index is 0.503. The molecule has 0 aromatic carbocycles. The van der Waals surface area contributed by atoms with Gasteiger partial charge in [-0.2, -0.15) is 0 Å². The van der Waals surface area contributed by atoms with E-state index in [-0.39, 0.29) is 0 Å². The molecule has 0 aliphatic heterocycles. The molecule has 1 saturated carbocycles. The standard InChI is InChI=1S/C12H19N3O/c1-16-7-5-12(3-4-12)9-14-8-11-2-6-13-10-15-11/h2,6,10,14H,3-5,7-9H2,1H3. The Hall–Kier alpha value is -1.00. The van der Waals surface area contributed by atoms with Crippen molar-refractivity contribution in [1.29, 1.82) is 0 Å². The van der Waals surface area contributed by atoms with Crippen LogP contribution in [-0.4, -0.2) is 30.2 Å². The van der Waals surface area contributed by atoms with Gasteiger partial charge in [0.25, 0.3) is 0 Å². The number of rotatable bonds is 7. The van der Waals surface area contributed by atoms with Gasteiger partial charge in [-0.05, 0) is 30.7 Å². The lowest BCUT2D eigenvalue weighted by Crippen LogP contribution is -2.25. The monoisotopic (exact) mass is 221 g/mol. The molecule has 1 aliphatic rings. The molecule has 1 aliphatic carbocycles. The summed E-state index contributed by atoms with van der Waals surface area (Å²) in [5.74, 6) is 0. The van der Waals surface area contributed by atoms with Crippen LogP contribution >= 0.6 is 0 Å². The summed E-state index contributed by atoms with van der Waals surface area (Å²) in [7, 11) is 1.77. The van der Waals surface area contributed by atoms with Crippen LogP contribution in [0.2, 0.25) is 0 Å². The Kier molecular flexibility index (Phi) is 3.85. The van der Waals surface area contributed by atoms with Crippen LogP contribution in [0.1, 0.15) is 25.0 Å². The zero-order chi connectivity index (χ0) is 11.3. The lowest BCUT2D eigenvalue weighted by molar-refractivity contribution is 0.171. The van der Waals surface area contributed by atoms with Crippen molar-refractivity contribution >= 4 is 0 Å². The molecule has 16 heavy (non-hydrogen) atoms. The molecule has 1 aromatic heterocycles. The van der Waals surface area contributed by atoms with E-state index >= 15 is 0 Å². The van der Waals surface area contributed by atoms with Crippen LogP contribution in [0.5, 0.6) is 0 Å². The molecule has 0 unspecified atom stereocenters. The Morgan fingerprint density at radius 3 is 3.00 bits per heavy atom. The summed E-state index contributed by atoms with van der Waals surface area (Å²) >= 11 is 0. The molecule has 4 heteroatoms. The predicted molar refractivity (Wildman–Crippen MR) is 61.9 cm³/mol. The van der Waals surface area contributed by atoms with Gasteiger partial charge in [0.15, 0.2) is 0 Å². The van der Waals surface area contributed by atoms with Gasteiger partial charge in [0.05, 0.1) is 5.69 Å². The topological polar surface area (TPSA) is 47.0 Å². The number of ether oxygens (including phenoxy) is 1. The maximum absolute atomic E-state index is 5.13. The number of hydrogen-bond acceptors (Lipinski definition) is 4. The molecule has 88 valence electrons. The first-order valence-corrected chi connectivity index (χ1v) is 5.79. The first-order valence-electron chi connectivity index (χ1n) is 5.79. The van der Waals surface area contributed by atoms with Gasteiger partial charge < -0.3 is 10.1 Å². The van der Waals surface area contributed by atoms with E-state index in [2.05, 4.69) is 15.3 Å². The second-order valence-electron chi connectivity index (χ2n) is 4.55. The number of methoxy groups -OCH3 is 1. The number of hydrogen-bond donors (Lipinski definition) is 1. The Morgan fingerprint density at radius 2 is 2.38 bits per heavy atom. The minimum atomic E-state index is 0.503. The minimum Gasteiger partial charge on any atom is -0.385 e. The molecule has 0 bridgehead atoms. The molecule has 1 heterocycles. The van der Waals surface area contributed by atoms with E-state index in [9.17, 15) is 0 Å². The molecule has 2 rings (SSSR count). The largest absolute Gasteiger partial charge is 0.385 e. The van der Waals surface area contributed by atoms with Crippen LogP contribution in [-0.2, 0) is 11.3 Å². The highest BCUT2D eigenvalue weighted by molar-refractivity contribution is 4.99. The third-order valence-electron chi connectivity index (χ3n) is 3.24. The summed E-state index contributed by atoms with van der Waals surface area (Å²) in [6, 6.07) is 1.95. The van der Waals surface area contributed by atoms with E-state index in [1.54, 1.807) is 19.6 Å². The molecular formula is C12H19N3O. The maximum atomic E-state index is 5.13. The number of nitrogens with zero attached hydrogens (tertiary/aromatic N) is 2. The highest BCUT2D eigenvalue weighted by Crippen LogP contribution is 2.48. The SMILES string of the molecule is COCCC1(CNCc2ccncn2)CC1. The molecule has 0 spiro atoms. The zero-order valence-corrected chi connectivity index (χ0v) is 9.78. The molecule has 0 radical (unpaired) electrons. The molecule has 0 saturated heterocycles. The van der Waals surface area contributed by atoms with E-state index in [4.69, 9.17) is 4.74 Å². The predicted octanol–water partition coefficient (Wildman–Crippen LogP) is 1.38. The van der Waals surface area contributed by atoms with Crippen molar-refractivity contribution in [3.05, 3.63) is 24.3 Å². The van der Waals surface area contributed by atoms with E-state index < -0.39 is 0 Å². The van der Waals surface area contributed by atoms with Crippen LogP contribution in [0.15, 0.2) is 18.6 Å².